The summed E-state index contributed by atoms with van der Waals surface area (Å²) in [6, 6.07) is 6.20. The van der Waals surface area contributed by atoms with E-state index in [1.165, 1.54) is 25.9 Å². The number of nitriles is 1. The maximum Gasteiger partial charge on any atom is 0.234 e. The number of ether oxygens (including phenoxy) is 2. The third-order valence-corrected chi connectivity index (χ3v) is 6.22. The molecule has 0 atom stereocenters. The van der Waals surface area contributed by atoms with Gasteiger partial charge < -0.3 is 24.6 Å². The molecule has 0 aliphatic carbocycles. The average molecular weight is 425 g/mol. The third-order valence-electron chi connectivity index (χ3n) is 6.22. The zero-order valence-electron chi connectivity index (χ0n) is 18.6. The van der Waals surface area contributed by atoms with Crippen LogP contribution in [0, 0.1) is 11.3 Å². The summed E-state index contributed by atoms with van der Waals surface area (Å²) in [6.45, 7) is 6.16. The SMILES string of the molecule is COc1cc2c(NC3CCN(C)CC3)nc(C#N)nc2cc1OCCCN1CCCC1. The summed E-state index contributed by atoms with van der Waals surface area (Å²) in [5.74, 6) is 2.17. The van der Waals surface area contributed by atoms with Crippen molar-refractivity contribution < 1.29 is 9.47 Å². The van der Waals surface area contributed by atoms with Crippen LogP contribution in [0.4, 0.5) is 5.82 Å². The van der Waals surface area contributed by atoms with Gasteiger partial charge in [0.1, 0.15) is 11.9 Å². The van der Waals surface area contributed by atoms with Gasteiger partial charge in [0.25, 0.3) is 0 Å². The highest BCUT2D eigenvalue weighted by atomic mass is 16.5. The predicted molar refractivity (Wildman–Crippen MR) is 121 cm³/mol. The fourth-order valence-electron chi connectivity index (χ4n) is 4.39. The van der Waals surface area contributed by atoms with Crippen LogP contribution in [0.2, 0.25) is 0 Å². The molecule has 4 rings (SSSR count). The van der Waals surface area contributed by atoms with E-state index in [1.54, 1.807) is 7.11 Å². The monoisotopic (exact) mass is 424 g/mol. The molecule has 2 saturated heterocycles. The summed E-state index contributed by atoms with van der Waals surface area (Å²) in [4.78, 5) is 13.7. The van der Waals surface area contributed by atoms with E-state index < -0.39 is 0 Å². The molecule has 0 saturated carbocycles. The lowest BCUT2D eigenvalue weighted by molar-refractivity contribution is 0.254. The number of fused-ring (bicyclic) bond motifs is 1. The minimum Gasteiger partial charge on any atom is -0.493 e. The fraction of sp³-hybridized carbons (Fsp3) is 0.609. The molecule has 2 fully saturated rings. The summed E-state index contributed by atoms with van der Waals surface area (Å²) < 4.78 is 11.7. The number of rotatable bonds is 8. The van der Waals surface area contributed by atoms with Gasteiger partial charge in [-0.15, -0.1) is 0 Å². The summed E-state index contributed by atoms with van der Waals surface area (Å²) >= 11 is 0. The van der Waals surface area contributed by atoms with Crippen LogP contribution in [0.3, 0.4) is 0 Å². The first-order valence-corrected chi connectivity index (χ1v) is 11.3. The highest BCUT2D eigenvalue weighted by Gasteiger charge is 2.20. The van der Waals surface area contributed by atoms with Crippen molar-refractivity contribution in [1.82, 2.24) is 19.8 Å². The van der Waals surface area contributed by atoms with Crippen LogP contribution < -0.4 is 14.8 Å². The molecule has 166 valence electrons. The normalized spacial score (nSPS) is 18.2. The molecule has 0 amide bonds. The zero-order valence-corrected chi connectivity index (χ0v) is 18.6. The predicted octanol–water partition coefficient (Wildman–Crippen LogP) is 2.88. The fourth-order valence-corrected chi connectivity index (χ4v) is 4.39. The number of likely N-dealkylation sites (tertiary alicyclic amines) is 2. The Morgan fingerprint density at radius 3 is 2.61 bits per heavy atom. The third kappa shape index (κ3) is 5.35. The lowest BCUT2D eigenvalue weighted by Gasteiger charge is -2.30. The molecular weight excluding hydrogens is 392 g/mol. The molecule has 1 aromatic carbocycles. The maximum absolute atomic E-state index is 9.44. The summed E-state index contributed by atoms with van der Waals surface area (Å²) in [5.41, 5.74) is 0.692. The molecule has 2 aromatic rings. The number of methoxy groups -OCH3 is 1. The second kappa shape index (κ2) is 10.1. The maximum atomic E-state index is 9.44. The number of aromatic nitrogens is 2. The van der Waals surface area contributed by atoms with E-state index in [-0.39, 0.29) is 5.82 Å². The first-order valence-electron chi connectivity index (χ1n) is 11.3. The molecule has 3 heterocycles. The van der Waals surface area contributed by atoms with Crippen LogP contribution in [0.15, 0.2) is 12.1 Å². The van der Waals surface area contributed by atoms with Gasteiger partial charge in [0.2, 0.25) is 5.82 Å². The zero-order chi connectivity index (χ0) is 21.6. The van der Waals surface area contributed by atoms with Crippen LogP contribution in [0.1, 0.15) is 37.9 Å². The number of hydrogen-bond donors (Lipinski definition) is 1. The molecule has 2 aliphatic heterocycles. The van der Waals surface area contributed by atoms with E-state index in [4.69, 9.17) is 9.47 Å². The number of benzene rings is 1. The standard InChI is InChI=1S/C23H32N6O2/c1-28-11-6-17(7-12-28)25-23-18-14-20(30-2)21(15-19(18)26-22(16-24)27-23)31-13-5-10-29-8-3-4-9-29/h14-15,17H,3-13H2,1-2H3,(H,25,26,27). The molecule has 8 nitrogen and oxygen atoms in total. The van der Waals surface area contributed by atoms with Crippen LogP contribution in [0.5, 0.6) is 11.5 Å². The van der Waals surface area contributed by atoms with Crippen LogP contribution >= 0.6 is 0 Å². The van der Waals surface area contributed by atoms with Crippen LogP contribution in [-0.2, 0) is 0 Å². The summed E-state index contributed by atoms with van der Waals surface area (Å²) in [5, 5.41) is 13.8. The molecule has 1 N–H and O–H groups in total. The quantitative estimate of drug-likeness (QED) is 0.648. The van der Waals surface area contributed by atoms with E-state index in [9.17, 15) is 5.26 Å². The molecule has 0 bridgehead atoms. The smallest absolute Gasteiger partial charge is 0.234 e. The van der Waals surface area contributed by atoms with Crippen LogP contribution in [0.25, 0.3) is 10.9 Å². The second-order valence-corrected chi connectivity index (χ2v) is 8.50. The molecule has 2 aliphatic rings. The van der Waals surface area contributed by atoms with Crippen LogP contribution in [-0.4, -0.2) is 79.3 Å². The molecule has 0 unspecified atom stereocenters. The Bertz CT molecular complexity index is 930. The Kier molecular flexibility index (Phi) is 7.05. The minimum atomic E-state index is 0.160. The van der Waals surface area contributed by atoms with Crippen molar-refractivity contribution in [2.75, 3.05) is 58.8 Å². The van der Waals surface area contributed by atoms with E-state index in [0.717, 1.165) is 44.3 Å². The van der Waals surface area contributed by atoms with Crippen molar-refractivity contribution in [2.45, 2.75) is 38.1 Å². The van der Waals surface area contributed by atoms with Crippen molar-refractivity contribution >= 4 is 16.7 Å². The highest BCUT2D eigenvalue weighted by Crippen LogP contribution is 2.35. The molecule has 31 heavy (non-hydrogen) atoms. The van der Waals surface area contributed by atoms with Gasteiger partial charge in [0.15, 0.2) is 11.5 Å². The van der Waals surface area contributed by atoms with E-state index in [2.05, 4.69) is 38.2 Å². The molecule has 1 aromatic heterocycles. The number of anilines is 1. The van der Waals surface area contributed by atoms with Gasteiger partial charge in [-0.25, -0.2) is 9.97 Å². The van der Waals surface area contributed by atoms with E-state index in [0.29, 0.717) is 35.5 Å². The van der Waals surface area contributed by atoms with E-state index >= 15 is 0 Å². The number of nitrogens with zero attached hydrogens (tertiary/aromatic N) is 5. The Morgan fingerprint density at radius 1 is 1.13 bits per heavy atom. The molecular formula is C23H32N6O2. The number of hydrogen-bond acceptors (Lipinski definition) is 8. The molecule has 8 heteroatoms. The number of piperidine rings is 1. The van der Waals surface area contributed by atoms with Gasteiger partial charge in [-0.1, -0.05) is 0 Å². The van der Waals surface area contributed by atoms with Crippen molar-refractivity contribution in [2.24, 2.45) is 0 Å². The largest absolute Gasteiger partial charge is 0.493 e. The molecule has 0 radical (unpaired) electrons. The second-order valence-electron chi connectivity index (χ2n) is 8.50. The van der Waals surface area contributed by atoms with Gasteiger partial charge in [-0.3, -0.25) is 0 Å². The van der Waals surface area contributed by atoms with Gasteiger partial charge in [0.05, 0.1) is 19.2 Å². The minimum absolute atomic E-state index is 0.160. The van der Waals surface area contributed by atoms with Gasteiger partial charge >= 0.3 is 0 Å². The summed E-state index contributed by atoms with van der Waals surface area (Å²) in [6.07, 6.45) is 5.65. The average Bonchev–Trinajstić information content (AvgIpc) is 3.31. The Labute approximate surface area is 184 Å². The van der Waals surface area contributed by atoms with Crippen molar-refractivity contribution in [1.29, 1.82) is 5.26 Å². The van der Waals surface area contributed by atoms with E-state index in [1.807, 2.05) is 12.1 Å². The highest BCUT2D eigenvalue weighted by molar-refractivity contribution is 5.92. The lowest BCUT2D eigenvalue weighted by atomic mass is 10.1. The molecule has 0 spiro atoms. The first-order chi connectivity index (χ1) is 15.2. The Balaban J connectivity index is 1.52. The topological polar surface area (TPSA) is 86.5 Å². The van der Waals surface area contributed by atoms with Gasteiger partial charge in [-0.2, -0.15) is 5.26 Å². The lowest BCUT2D eigenvalue weighted by Crippen LogP contribution is -2.37. The Hall–Kier alpha value is -2.63. The van der Waals surface area contributed by atoms with Gasteiger partial charge in [0, 0.05) is 24.0 Å². The van der Waals surface area contributed by atoms with Crippen molar-refractivity contribution in [3.05, 3.63) is 18.0 Å². The van der Waals surface area contributed by atoms with Crippen molar-refractivity contribution in [3.8, 4) is 17.6 Å². The number of nitrogens with one attached hydrogen (secondary N) is 1. The Morgan fingerprint density at radius 2 is 1.90 bits per heavy atom. The van der Waals surface area contributed by atoms with Crippen molar-refractivity contribution in [3.63, 3.8) is 0 Å². The van der Waals surface area contributed by atoms with Gasteiger partial charge in [-0.05, 0) is 71.4 Å². The first kappa shape index (κ1) is 21.6. The summed E-state index contributed by atoms with van der Waals surface area (Å²) in [7, 11) is 3.79.